The molecule has 128 valence electrons. The minimum Gasteiger partial charge on any atom is -0.483 e. The maximum Gasteiger partial charge on any atom is 0.262 e. The van der Waals surface area contributed by atoms with Crippen molar-refractivity contribution in [2.75, 3.05) is 19.0 Å². The van der Waals surface area contributed by atoms with Crippen LogP contribution in [0.1, 0.15) is 32.7 Å². The second kappa shape index (κ2) is 7.17. The van der Waals surface area contributed by atoms with E-state index < -0.39 is 0 Å². The molecule has 0 aromatic heterocycles. The van der Waals surface area contributed by atoms with Crippen LogP contribution < -0.4 is 15.4 Å². The lowest BCUT2D eigenvalue weighted by atomic mass is 10.1. The van der Waals surface area contributed by atoms with Crippen molar-refractivity contribution >= 4 is 23.3 Å². The summed E-state index contributed by atoms with van der Waals surface area (Å²) < 4.78 is 5.59. The molecule has 3 rings (SSSR count). The summed E-state index contributed by atoms with van der Waals surface area (Å²) in [6.07, 6.45) is 1.12. The Balaban J connectivity index is 1.63. The molecule has 25 heavy (non-hydrogen) atoms. The minimum atomic E-state index is -0.337. The zero-order valence-electron chi connectivity index (χ0n) is 13.8. The van der Waals surface area contributed by atoms with Gasteiger partial charge in [0.2, 0.25) is 0 Å². The van der Waals surface area contributed by atoms with Crippen molar-refractivity contribution in [3.8, 4) is 5.75 Å². The smallest absolute Gasteiger partial charge is 0.262 e. The first kappa shape index (κ1) is 16.7. The normalized spacial score (nSPS) is 12.4. The second-order valence-corrected chi connectivity index (χ2v) is 5.70. The van der Waals surface area contributed by atoms with E-state index in [0.29, 0.717) is 35.4 Å². The average molecular weight is 338 g/mol. The van der Waals surface area contributed by atoms with Gasteiger partial charge in [0.25, 0.3) is 11.8 Å². The van der Waals surface area contributed by atoms with Gasteiger partial charge in [-0.3, -0.25) is 14.4 Å². The molecule has 2 amide bonds. The molecule has 0 saturated carbocycles. The Morgan fingerprint density at radius 2 is 1.92 bits per heavy atom. The number of hydrogen-bond donors (Lipinski definition) is 2. The predicted molar refractivity (Wildman–Crippen MR) is 93.1 cm³/mol. The number of hydrogen-bond acceptors (Lipinski definition) is 4. The maximum atomic E-state index is 12.1. The molecule has 0 atom stereocenters. The molecule has 6 heteroatoms. The molecule has 0 spiro atoms. The molecule has 2 aromatic rings. The number of nitrogens with one attached hydrogen (secondary N) is 2. The molecule has 0 aliphatic heterocycles. The van der Waals surface area contributed by atoms with Crippen LogP contribution in [0.2, 0.25) is 0 Å². The molecule has 1 aliphatic rings. The van der Waals surface area contributed by atoms with Gasteiger partial charge in [0, 0.05) is 35.8 Å². The van der Waals surface area contributed by atoms with E-state index in [-0.39, 0.29) is 24.2 Å². The van der Waals surface area contributed by atoms with Gasteiger partial charge in [0.1, 0.15) is 5.75 Å². The van der Waals surface area contributed by atoms with Gasteiger partial charge in [-0.2, -0.15) is 0 Å². The van der Waals surface area contributed by atoms with Crippen LogP contribution in [-0.4, -0.2) is 31.3 Å². The van der Waals surface area contributed by atoms with E-state index in [1.165, 1.54) is 0 Å². The van der Waals surface area contributed by atoms with E-state index in [0.717, 1.165) is 5.56 Å². The van der Waals surface area contributed by atoms with Gasteiger partial charge in [-0.15, -0.1) is 0 Å². The lowest BCUT2D eigenvalue weighted by Gasteiger charge is -2.11. The Hall–Kier alpha value is -3.15. The number of ketones is 1. The number of anilines is 1. The standard InChI is InChI=1S/C19H18N2O4/c1-20-19(24)12-4-2-5-13(10-12)21-18(23)11-25-17-7-3-6-14-15(17)8-9-16(14)22/h2-7,10H,8-9,11H2,1H3,(H,20,24)(H,21,23). The predicted octanol–water partition coefficient (Wildman–Crippen LogP) is 2.19. The first-order chi connectivity index (χ1) is 12.1. The van der Waals surface area contributed by atoms with Crippen molar-refractivity contribution in [1.82, 2.24) is 5.32 Å². The van der Waals surface area contributed by atoms with E-state index in [2.05, 4.69) is 10.6 Å². The summed E-state index contributed by atoms with van der Waals surface area (Å²) in [5, 5.41) is 5.23. The molecule has 0 unspecified atom stereocenters. The second-order valence-electron chi connectivity index (χ2n) is 5.70. The summed E-state index contributed by atoms with van der Waals surface area (Å²) in [5.41, 5.74) is 2.52. The third-order valence-corrected chi connectivity index (χ3v) is 4.03. The molecule has 0 radical (unpaired) electrons. The third kappa shape index (κ3) is 3.68. The zero-order valence-corrected chi connectivity index (χ0v) is 13.8. The lowest BCUT2D eigenvalue weighted by molar-refractivity contribution is -0.118. The van der Waals surface area contributed by atoms with E-state index in [9.17, 15) is 14.4 Å². The van der Waals surface area contributed by atoms with Crippen molar-refractivity contribution in [2.24, 2.45) is 0 Å². The molecule has 1 aliphatic carbocycles. The average Bonchev–Trinajstić information content (AvgIpc) is 3.01. The quantitative estimate of drug-likeness (QED) is 0.875. The molecular weight excluding hydrogens is 320 g/mol. The van der Waals surface area contributed by atoms with Gasteiger partial charge in [-0.05, 0) is 30.7 Å². The third-order valence-electron chi connectivity index (χ3n) is 4.03. The van der Waals surface area contributed by atoms with Gasteiger partial charge < -0.3 is 15.4 Å². The van der Waals surface area contributed by atoms with Crippen molar-refractivity contribution in [2.45, 2.75) is 12.8 Å². The van der Waals surface area contributed by atoms with E-state index in [1.807, 2.05) is 0 Å². The molecule has 0 fully saturated rings. The number of ether oxygens (including phenoxy) is 1. The van der Waals surface area contributed by atoms with Crippen LogP contribution in [0.4, 0.5) is 5.69 Å². The summed E-state index contributed by atoms with van der Waals surface area (Å²) in [6.45, 7) is -0.172. The largest absolute Gasteiger partial charge is 0.483 e. The summed E-state index contributed by atoms with van der Waals surface area (Å²) in [5.74, 6) is 0.112. The highest BCUT2D eigenvalue weighted by Crippen LogP contribution is 2.30. The van der Waals surface area contributed by atoms with Crippen LogP contribution in [0.25, 0.3) is 0 Å². The Morgan fingerprint density at radius 1 is 1.12 bits per heavy atom. The van der Waals surface area contributed by atoms with Gasteiger partial charge in [0.15, 0.2) is 12.4 Å². The Labute approximate surface area is 145 Å². The zero-order chi connectivity index (χ0) is 17.8. The summed E-state index contributed by atoms with van der Waals surface area (Å²) in [6, 6.07) is 11.9. The van der Waals surface area contributed by atoms with E-state index in [1.54, 1.807) is 49.5 Å². The monoisotopic (exact) mass is 338 g/mol. The van der Waals surface area contributed by atoms with Crippen molar-refractivity contribution in [3.05, 3.63) is 59.2 Å². The number of carbonyl (C=O) groups is 3. The highest BCUT2D eigenvalue weighted by molar-refractivity contribution is 6.01. The lowest BCUT2D eigenvalue weighted by Crippen LogP contribution is -2.21. The minimum absolute atomic E-state index is 0.107. The van der Waals surface area contributed by atoms with Crippen LogP contribution >= 0.6 is 0 Å². The topological polar surface area (TPSA) is 84.5 Å². The van der Waals surface area contributed by atoms with Crippen LogP contribution in [0.5, 0.6) is 5.75 Å². The Bertz CT molecular complexity index is 845. The Kier molecular flexibility index (Phi) is 4.79. The fourth-order valence-corrected chi connectivity index (χ4v) is 2.82. The first-order valence-corrected chi connectivity index (χ1v) is 7.98. The van der Waals surface area contributed by atoms with Crippen LogP contribution in [0, 0.1) is 0 Å². The SMILES string of the molecule is CNC(=O)c1cccc(NC(=O)COc2cccc3c2CCC3=O)c1. The molecule has 6 nitrogen and oxygen atoms in total. The number of Topliss-reactive ketones (excluding diaryl/α,β-unsaturated/α-hetero) is 1. The summed E-state index contributed by atoms with van der Waals surface area (Å²) >= 11 is 0. The van der Waals surface area contributed by atoms with Gasteiger partial charge in [-0.25, -0.2) is 0 Å². The highest BCUT2D eigenvalue weighted by Gasteiger charge is 2.22. The van der Waals surface area contributed by atoms with Crippen molar-refractivity contribution < 1.29 is 19.1 Å². The van der Waals surface area contributed by atoms with Gasteiger partial charge >= 0.3 is 0 Å². The van der Waals surface area contributed by atoms with Crippen LogP contribution in [0.3, 0.4) is 0 Å². The molecule has 0 bridgehead atoms. The van der Waals surface area contributed by atoms with Crippen molar-refractivity contribution in [1.29, 1.82) is 0 Å². The molecule has 0 heterocycles. The number of carbonyl (C=O) groups excluding carboxylic acids is 3. The molecule has 2 aromatic carbocycles. The summed E-state index contributed by atoms with van der Waals surface area (Å²) in [4.78, 5) is 35.5. The van der Waals surface area contributed by atoms with E-state index in [4.69, 9.17) is 4.74 Å². The number of rotatable bonds is 5. The number of benzene rings is 2. The fourth-order valence-electron chi connectivity index (χ4n) is 2.82. The van der Waals surface area contributed by atoms with E-state index >= 15 is 0 Å². The van der Waals surface area contributed by atoms with Gasteiger partial charge in [-0.1, -0.05) is 18.2 Å². The maximum absolute atomic E-state index is 12.1. The first-order valence-electron chi connectivity index (χ1n) is 7.98. The molecule has 0 saturated heterocycles. The summed E-state index contributed by atoms with van der Waals surface area (Å²) in [7, 11) is 1.55. The fraction of sp³-hybridized carbons (Fsp3) is 0.211. The van der Waals surface area contributed by atoms with Crippen LogP contribution in [-0.2, 0) is 11.2 Å². The van der Waals surface area contributed by atoms with Gasteiger partial charge in [0.05, 0.1) is 0 Å². The van der Waals surface area contributed by atoms with Crippen molar-refractivity contribution in [3.63, 3.8) is 0 Å². The molecular formula is C19H18N2O4. The number of fused-ring (bicyclic) bond motifs is 1. The highest BCUT2D eigenvalue weighted by atomic mass is 16.5. The van der Waals surface area contributed by atoms with Crippen LogP contribution in [0.15, 0.2) is 42.5 Å². The molecule has 2 N–H and O–H groups in total. The number of amides is 2. The Morgan fingerprint density at radius 3 is 2.72 bits per heavy atom.